The molecule has 1 aromatic carbocycles. The number of aliphatic hydroxyl groups is 1. The van der Waals surface area contributed by atoms with Gasteiger partial charge in [-0.05, 0) is 45.0 Å². The fourth-order valence-corrected chi connectivity index (χ4v) is 2.82. The van der Waals surface area contributed by atoms with Gasteiger partial charge in [-0.25, -0.2) is 0 Å². The van der Waals surface area contributed by atoms with Gasteiger partial charge in [0.1, 0.15) is 24.1 Å². The van der Waals surface area contributed by atoms with Gasteiger partial charge >= 0.3 is 0 Å². The van der Waals surface area contributed by atoms with E-state index in [4.69, 9.17) is 4.74 Å². The van der Waals surface area contributed by atoms with E-state index >= 15 is 0 Å². The molecule has 0 aliphatic heterocycles. The summed E-state index contributed by atoms with van der Waals surface area (Å²) in [5.41, 5.74) is 2.53. The van der Waals surface area contributed by atoms with Gasteiger partial charge < -0.3 is 14.4 Å². The van der Waals surface area contributed by atoms with Gasteiger partial charge in [-0.3, -0.25) is 9.59 Å². The molecule has 0 aliphatic rings. The molecule has 0 bridgehead atoms. The van der Waals surface area contributed by atoms with Crippen LogP contribution in [0.1, 0.15) is 28.7 Å². The number of benzene rings is 1. The standard InChI is InChI=1S/C19H21N3O4/c1-12-8-18-21(13(2)9-19(25)22(18)20-12)10-16(24)11-26-17-6-4-15(5-7-17)14(3)23/h4-9,16,24H,10-11H2,1-3H3/t16-/m0/s1. The van der Waals surface area contributed by atoms with Gasteiger partial charge in [-0.2, -0.15) is 9.61 Å². The number of ether oxygens (including phenoxy) is 1. The van der Waals surface area contributed by atoms with Crippen molar-refractivity contribution in [2.45, 2.75) is 33.4 Å². The lowest BCUT2D eigenvalue weighted by molar-refractivity contribution is 0.0925. The maximum absolute atomic E-state index is 12.0. The Balaban J connectivity index is 1.72. The first kappa shape index (κ1) is 17.9. The lowest BCUT2D eigenvalue weighted by Crippen LogP contribution is -2.27. The third-order valence-electron chi connectivity index (χ3n) is 4.15. The van der Waals surface area contributed by atoms with Crippen LogP contribution in [-0.2, 0) is 6.54 Å². The molecule has 0 fully saturated rings. The van der Waals surface area contributed by atoms with Crippen LogP contribution in [0.4, 0.5) is 0 Å². The molecule has 7 heteroatoms. The molecule has 1 atom stereocenters. The van der Waals surface area contributed by atoms with Crippen molar-refractivity contribution in [1.82, 2.24) is 14.2 Å². The molecule has 1 N–H and O–H groups in total. The van der Waals surface area contributed by atoms with E-state index in [9.17, 15) is 14.7 Å². The zero-order chi connectivity index (χ0) is 18.8. The number of nitrogens with zero attached hydrogens (tertiary/aromatic N) is 3. The highest BCUT2D eigenvalue weighted by atomic mass is 16.5. The van der Waals surface area contributed by atoms with Crippen LogP contribution in [0.5, 0.6) is 5.75 Å². The number of aryl methyl sites for hydroxylation is 2. The molecular formula is C19H21N3O4. The summed E-state index contributed by atoms with van der Waals surface area (Å²) in [6.07, 6.45) is -0.775. The molecule has 0 amide bonds. The SMILES string of the molecule is CC(=O)c1ccc(OC[C@@H](O)Cn2c(C)cc(=O)n3nc(C)cc23)cc1. The van der Waals surface area contributed by atoms with E-state index in [0.717, 1.165) is 11.4 Å². The molecule has 0 radical (unpaired) electrons. The average molecular weight is 355 g/mol. The summed E-state index contributed by atoms with van der Waals surface area (Å²) in [5, 5.41) is 14.5. The van der Waals surface area contributed by atoms with E-state index in [1.807, 2.05) is 24.5 Å². The topological polar surface area (TPSA) is 85.8 Å². The van der Waals surface area contributed by atoms with Crippen LogP contribution < -0.4 is 10.3 Å². The summed E-state index contributed by atoms with van der Waals surface area (Å²) < 4.78 is 8.77. The number of hydrogen-bond donors (Lipinski definition) is 1. The van der Waals surface area contributed by atoms with Crippen LogP contribution in [0.2, 0.25) is 0 Å². The quantitative estimate of drug-likeness (QED) is 0.681. The van der Waals surface area contributed by atoms with E-state index in [2.05, 4.69) is 5.10 Å². The molecule has 0 unspecified atom stereocenters. The molecule has 3 rings (SSSR count). The van der Waals surface area contributed by atoms with Crippen molar-refractivity contribution in [3.8, 4) is 5.75 Å². The van der Waals surface area contributed by atoms with E-state index in [-0.39, 0.29) is 24.5 Å². The number of carbonyl (C=O) groups is 1. The van der Waals surface area contributed by atoms with Crippen molar-refractivity contribution in [1.29, 1.82) is 0 Å². The third kappa shape index (κ3) is 3.67. The minimum Gasteiger partial charge on any atom is -0.491 e. The van der Waals surface area contributed by atoms with E-state index in [0.29, 0.717) is 17.0 Å². The van der Waals surface area contributed by atoms with Crippen LogP contribution >= 0.6 is 0 Å². The highest BCUT2D eigenvalue weighted by Crippen LogP contribution is 2.14. The van der Waals surface area contributed by atoms with E-state index in [1.165, 1.54) is 17.5 Å². The van der Waals surface area contributed by atoms with Crippen LogP contribution in [0, 0.1) is 13.8 Å². The van der Waals surface area contributed by atoms with Crippen LogP contribution in [-0.4, -0.2) is 37.8 Å². The summed E-state index contributed by atoms with van der Waals surface area (Å²) in [5.74, 6) is 0.571. The minimum absolute atomic E-state index is 0.00889. The number of aliphatic hydroxyl groups excluding tert-OH is 1. The normalized spacial score (nSPS) is 12.3. The largest absolute Gasteiger partial charge is 0.491 e. The molecule has 2 aromatic heterocycles. The first-order chi connectivity index (χ1) is 12.3. The molecule has 136 valence electrons. The number of ketones is 1. The van der Waals surface area contributed by atoms with Crippen molar-refractivity contribution in [2.24, 2.45) is 0 Å². The first-order valence-corrected chi connectivity index (χ1v) is 8.34. The Bertz CT molecular complexity index is 1000. The van der Waals surface area contributed by atoms with Crippen molar-refractivity contribution >= 4 is 11.4 Å². The molecule has 0 saturated heterocycles. The molecule has 7 nitrogen and oxygen atoms in total. The first-order valence-electron chi connectivity index (χ1n) is 8.34. The Hall–Kier alpha value is -2.93. The van der Waals surface area contributed by atoms with Crippen LogP contribution in [0.25, 0.3) is 5.65 Å². The zero-order valence-corrected chi connectivity index (χ0v) is 15.0. The molecule has 2 heterocycles. The van der Waals surface area contributed by atoms with E-state index < -0.39 is 6.10 Å². The Morgan fingerprint density at radius 3 is 2.58 bits per heavy atom. The second-order valence-electron chi connectivity index (χ2n) is 6.34. The predicted molar refractivity (Wildman–Crippen MR) is 96.9 cm³/mol. The summed E-state index contributed by atoms with van der Waals surface area (Å²) >= 11 is 0. The Morgan fingerprint density at radius 1 is 1.23 bits per heavy atom. The van der Waals surface area contributed by atoms with E-state index in [1.54, 1.807) is 24.3 Å². The number of Topliss-reactive ketones (excluding diaryl/α,β-unsaturated/α-hetero) is 1. The van der Waals surface area contributed by atoms with Crippen LogP contribution in [0.15, 0.2) is 41.2 Å². The molecule has 26 heavy (non-hydrogen) atoms. The third-order valence-corrected chi connectivity index (χ3v) is 4.15. The van der Waals surface area contributed by atoms with Crippen molar-refractivity contribution in [3.63, 3.8) is 0 Å². The summed E-state index contributed by atoms with van der Waals surface area (Å²) in [6, 6.07) is 10.1. The van der Waals surface area contributed by atoms with Crippen molar-refractivity contribution in [3.05, 3.63) is 63.7 Å². The highest BCUT2D eigenvalue weighted by molar-refractivity contribution is 5.94. The van der Waals surface area contributed by atoms with Gasteiger partial charge in [0.15, 0.2) is 5.78 Å². The second kappa shape index (κ2) is 7.13. The predicted octanol–water partition coefficient (Wildman–Crippen LogP) is 1.76. The molecular weight excluding hydrogens is 334 g/mol. The number of fused-ring (bicyclic) bond motifs is 1. The van der Waals surface area contributed by atoms with Crippen LogP contribution in [0.3, 0.4) is 0 Å². The Labute approximate surface area is 150 Å². The molecule has 0 spiro atoms. The number of hydrogen-bond acceptors (Lipinski definition) is 5. The summed E-state index contributed by atoms with van der Waals surface area (Å²) in [7, 11) is 0. The number of aromatic nitrogens is 3. The monoisotopic (exact) mass is 355 g/mol. The summed E-state index contributed by atoms with van der Waals surface area (Å²) in [6.45, 7) is 5.50. The zero-order valence-electron chi connectivity index (χ0n) is 15.0. The maximum atomic E-state index is 12.0. The van der Waals surface area contributed by atoms with Gasteiger partial charge in [0, 0.05) is 23.4 Å². The van der Waals surface area contributed by atoms with Gasteiger partial charge in [-0.15, -0.1) is 0 Å². The van der Waals surface area contributed by atoms with Gasteiger partial charge in [-0.1, -0.05) is 0 Å². The lowest BCUT2D eigenvalue weighted by Gasteiger charge is -2.17. The van der Waals surface area contributed by atoms with Gasteiger partial charge in [0.05, 0.1) is 12.2 Å². The Morgan fingerprint density at radius 2 is 1.92 bits per heavy atom. The maximum Gasteiger partial charge on any atom is 0.274 e. The van der Waals surface area contributed by atoms with Gasteiger partial charge in [0.2, 0.25) is 0 Å². The highest BCUT2D eigenvalue weighted by Gasteiger charge is 2.13. The summed E-state index contributed by atoms with van der Waals surface area (Å²) in [4.78, 5) is 23.3. The minimum atomic E-state index is -0.775. The van der Waals surface area contributed by atoms with Crippen molar-refractivity contribution in [2.75, 3.05) is 6.61 Å². The molecule has 0 saturated carbocycles. The fourth-order valence-electron chi connectivity index (χ4n) is 2.82. The average Bonchev–Trinajstić information content (AvgIpc) is 2.99. The molecule has 0 aliphatic carbocycles. The number of carbonyl (C=O) groups excluding carboxylic acids is 1. The van der Waals surface area contributed by atoms with Crippen molar-refractivity contribution < 1.29 is 14.6 Å². The number of rotatable bonds is 6. The smallest absolute Gasteiger partial charge is 0.274 e. The molecule has 3 aromatic rings. The lowest BCUT2D eigenvalue weighted by atomic mass is 10.1. The fraction of sp³-hybridized carbons (Fsp3) is 0.316. The Kier molecular flexibility index (Phi) is 4.90. The second-order valence-corrected chi connectivity index (χ2v) is 6.34. The van der Waals surface area contributed by atoms with Gasteiger partial charge in [0.25, 0.3) is 5.56 Å².